The van der Waals surface area contributed by atoms with Crippen LogP contribution in [-0.4, -0.2) is 29.8 Å². The van der Waals surface area contributed by atoms with Crippen molar-refractivity contribution in [2.75, 3.05) is 13.7 Å². The molecule has 7 nitrogen and oxygen atoms in total. The molecule has 0 saturated carbocycles. The summed E-state index contributed by atoms with van der Waals surface area (Å²) in [5.74, 6) is 0.485. The highest BCUT2D eigenvalue weighted by molar-refractivity contribution is 5.98. The zero-order chi connectivity index (χ0) is 17.8. The number of H-pyrrole nitrogens is 2. The zero-order valence-corrected chi connectivity index (χ0v) is 13.6. The smallest absolute Gasteiger partial charge is 0.270 e. The maximum absolute atomic E-state index is 12.2. The largest absolute Gasteiger partial charge is 0.497 e. The molecule has 25 heavy (non-hydrogen) atoms. The van der Waals surface area contributed by atoms with Gasteiger partial charge in [0.25, 0.3) is 17.0 Å². The van der Waals surface area contributed by atoms with Crippen LogP contribution in [0.1, 0.15) is 15.9 Å². The van der Waals surface area contributed by atoms with E-state index in [1.165, 1.54) is 18.2 Å². The maximum atomic E-state index is 12.2. The van der Waals surface area contributed by atoms with Gasteiger partial charge in [0.2, 0.25) is 0 Å². The van der Waals surface area contributed by atoms with Crippen LogP contribution in [0.4, 0.5) is 0 Å². The molecule has 0 bridgehead atoms. The quantitative estimate of drug-likeness (QED) is 0.649. The van der Waals surface area contributed by atoms with Crippen LogP contribution in [-0.2, 0) is 6.42 Å². The van der Waals surface area contributed by atoms with Crippen molar-refractivity contribution in [1.29, 1.82) is 0 Å². The Hall–Kier alpha value is -3.35. The van der Waals surface area contributed by atoms with Crippen LogP contribution in [0.3, 0.4) is 0 Å². The molecule has 0 spiro atoms. The van der Waals surface area contributed by atoms with Crippen molar-refractivity contribution in [2.24, 2.45) is 0 Å². The number of benzene rings is 2. The number of carbonyl (C=O) groups excluding carboxylic acids is 1. The Morgan fingerprint density at radius 2 is 1.68 bits per heavy atom. The lowest BCUT2D eigenvalue weighted by Crippen LogP contribution is -2.26. The lowest BCUT2D eigenvalue weighted by Gasteiger charge is -2.07. The number of nitrogens with one attached hydrogen (secondary N) is 3. The van der Waals surface area contributed by atoms with Gasteiger partial charge in [-0.15, -0.1) is 0 Å². The van der Waals surface area contributed by atoms with Gasteiger partial charge in [-0.1, -0.05) is 12.1 Å². The molecule has 3 rings (SSSR count). The van der Waals surface area contributed by atoms with Crippen molar-refractivity contribution in [3.63, 3.8) is 0 Å². The summed E-state index contributed by atoms with van der Waals surface area (Å²) in [5.41, 5.74) is 0.560. The molecule has 0 aliphatic heterocycles. The van der Waals surface area contributed by atoms with Crippen LogP contribution in [0.25, 0.3) is 10.8 Å². The Morgan fingerprint density at radius 3 is 2.36 bits per heavy atom. The normalized spacial score (nSPS) is 10.6. The van der Waals surface area contributed by atoms with E-state index in [4.69, 9.17) is 4.74 Å². The van der Waals surface area contributed by atoms with Crippen molar-refractivity contribution >= 4 is 16.7 Å². The lowest BCUT2D eigenvalue weighted by atomic mass is 10.1. The highest BCUT2D eigenvalue weighted by Crippen LogP contribution is 2.12. The number of aromatic amines is 2. The second kappa shape index (κ2) is 7.04. The van der Waals surface area contributed by atoms with Crippen molar-refractivity contribution in [3.8, 4) is 5.75 Å². The van der Waals surface area contributed by atoms with Crippen LogP contribution in [0.15, 0.2) is 52.1 Å². The third-order valence-electron chi connectivity index (χ3n) is 3.92. The van der Waals surface area contributed by atoms with E-state index in [0.717, 1.165) is 11.3 Å². The Balaban J connectivity index is 1.68. The first-order chi connectivity index (χ1) is 12.1. The number of hydrogen-bond donors (Lipinski definition) is 3. The highest BCUT2D eigenvalue weighted by Gasteiger charge is 2.09. The molecule has 3 aromatic rings. The molecule has 0 radical (unpaired) electrons. The molecule has 0 saturated heterocycles. The summed E-state index contributed by atoms with van der Waals surface area (Å²) in [6.07, 6.45) is 0.670. The van der Waals surface area contributed by atoms with Gasteiger partial charge in [-0.05, 0) is 42.3 Å². The van der Waals surface area contributed by atoms with Crippen molar-refractivity contribution in [1.82, 2.24) is 15.5 Å². The van der Waals surface area contributed by atoms with Gasteiger partial charge < -0.3 is 10.1 Å². The molecule has 2 aromatic carbocycles. The fourth-order valence-electron chi connectivity index (χ4n) is 2.53. The predicted molar refractivity (Wildman–Crippen MR) is 94.2 cm³/mol. The van der Waals surface area contributed by atoms with Gasteiger partial charge in [-0.2, -0.15) is 0 Å². The van der Waals surface area contributed by atoms with E-state index >= 15 is 0 Å². The standard InChI is InChI=1S/C18H17N3O4/c1-25-13-5-2-11(3-6-13)8-9-19-16(22)12-4-7-14-15(10-12)18(24)21-20-17(14)23/h2-7,10H,8-9H2,1H3,(H,19,22)(H,20,23)(H,21,24). The number of fused-ring (bicyclic) bond motifs is 1. The summed E-state index contributed by atoms with van der Waals surface area (Å²) in [5, 5.41) is 7.74. The van der Waals surface area contributed by atoms with Crippen LogP contribution in [0, 0.1) is 0 Å². The summed E-state index contributed by atoms with van der Waals surface area (Å²) in [4.78, 5) is 35.7. The average Bonchev–Trinajstić information content (AvgIpc) is 2.65. The van der Waals surface area contributed by atoms with Gasteiger partial charge in [-0.3, -0.25) is 24.6 Å². The van der Waals surface area contributed by atoms with E-state index < -0.39 is 11.1 Å². The van der Waals surface area contributed by atoms with E-state index in [1.54, 1.807) is 7.11 Å². The minimum absolute atomic E-state index is 0.187. The summed E-state index contributed by atoms with van der Waals surface area (Å²) in [7, 11) is 1.61. The fourth-order valence-corrected chi connectivity index (χ4v) is 2.53. The van der Waals surface area contributed by atoms with Crippen LogP contribution >= 0.6 is 0 Å². The Morgan fingerprint density at radius 1 is 1.00 bits per heavy atom. The average molecular weight is 339 g/mol. The molecular formula is C18H17N3O4. The first-order valence-electron chi connectivity index (χ1n) is 7.74. The van der Waals surface area contributed by atoms with Crippen molar-refractivity contribution in [2.45, 2.75) is 6.42 Å². The highest BCUT2D eigenvalue weighted by atomic mass is 16.5. The monoisotopic (exact) mass is 339 g/mol. The molecule has 0 aliphatic carbocycles. The molecule has 7 heteroatoms. The molecule has 0 atom stereocenters. The van der Waals surface area contributed by atoms with Gasteiger partial charge >= 0.3 is 0 Å². The number of methoxy groups -OCH3 is 1. The van der Waals surface area contributed by atoms with E-state index in [0.29, 0.717) is 18.5 Å². The Kier molecular flexibility index (Phi) is 4.65. The third kappa shape index (κ3) is 3.60. The van der Waals surface area contributed by atoms with Gasteiger partial charge in [0.1, 0.15) is 5.75 Å². The molecule has 3 N–H and O–H groups in total. The summed E-state index contributed by atoms with van der Waals surface area (Å²) < 4.78 is 5.10. The van der Waals surface area contributed by atoms with Gasteiger partial charge in [0, 0.05) is 12.1 Å². The molecule has 0 aliphatic rings. The molecular weight excluding hydrogens is 322 g/mol. The molecule has 1 heterocycles. The molecule has 1 amide bonds. The van der Waals surface area contributed by atoms with E-state index in [2.05, 4.69) is 15.5 Å². The Labute approximate surface area is 142 Å². The minimum atomic E-state index is -0.442. The number of aromatic nitrogens is 2. The second-order valence-corrected chi connectivity index (χ2v) is 5.52. The zero-order valence-electron chi connectivity index (χ0n) is 13.6. The van der Waals surface area contributed by atoms with Gasteiger partial charge in [-0.25, -0.2) is 0 Å². The molecule has 128 valence electrons. The van der Waals surface area contributed by atoms with E-state index in [9.17, 15) is 14.4 Å². The predicted octanol–water partition coefficient (Wildman–Crippen LogP) is 1.20. The van der Waals surface area contributed by atoms with Crippen LogP contribution < -0.4 is 21.2 Å². The van der Waals surface area contributed by atoms with Crippen LogP contribution in [0.5, 0.6) is 5.75 Å². The van der Waals surface area contributed by atoms with Gasteiger partial charge in [0.05, 0.1) is 17.9 Å². The van der Waals surface area contributed by atoms with Crippen LogP contribution in [0.2, 0.25) is 0 Å². The van der Waals surface area contributed by atoms with Crippen molar-refractivity contribution in [3.05, 3.63) is 74.3 Å². The minimum Gasteiger partial charge on any atom is -0.497 e. The van der Waals surface area contributed by atoms with Gasteiger partial charge in [0.15, 0.2) is 0 Å². The topological polar surface area (TPSA) is 104 Å². The van der Waals surface area contributed by atoms with Crippen molar-refractivity contribution < 1.29 is 9.53 Å². The Bertz CT molecular complexity index is 1020. The van der Waals surface area contributed by atoms with E-state index in [1.807, 2.05) is 24.3 Å². The first-order valence-corrected chi connectivity index (χ1v) is 7.74. The third-order valence-corrected chi connectivity index (χ3v) is 3.92. The fraction of sp³-hybridized carbons (Fsp3) is 0.167. The summed E-state index contributed by atoms with van der Waals surface area (Å²) in [6.45, 7) is 0.453. The molecule has 0 unspecified atom stereocenters. The number of ether oxygens (including phenoxy) is 1. The maximum Gasteiger partial charge on any atom is 0.270 e. The summed E-state index contributed by atoms with van der Waals surface area (Å²) in [6, 6.07) is 12.0. The van der Waals surface area contributed by atoms with E-state index in [-0.39, 0.29) is 16.7 Å². The lowest BCUT2D eigenvalue weighted by molar-refractivity contribution is 0.0954. The number of hydrogen-bond acceptors (Lipinski definition) is 4. The number of carbonyl (C=O) groups is 1. The molecule has 1 aromatic heterocycles. The second-order valence-electron chi connectivity index (χ2n) is 5.52. The first kappa shape index (κ1) is 16.5. The molecule has 0 fully saturated rings. The summed E-state index contributed by atoms with van der Waals surface area (Å²) >= 11 is 0. The number of rotatable bonds is 5. The SMILES string of the molecule is COc1ccc(CCNC(=O)c2ccc3c(=O)[nH][nH]c(=O)c3c2)cc1. The number of amides is 1.